The van der Waals surface area contributed by atoms with Gasteiger partial charge in [-0.3, -0.25) is 4.79 Å². The molecule has 0 spiro atoms. The second-order valence-electron chi connectivity index (χ2n) is 8.38. The van der Waals surface area contributed by atoms with Crippen LogP contribution in [0.3, 0.4) is 0 Å². The second kappa shape index (κ2) is 10.6. The summed E-state index contributed by atoms with van der Waals surface area (Å²) in [5, 5.41) is 13.4. The molecule has 0 amide bonds. The Kier molecular flexibility index (Phi) is 7.35. The van der Waals surface area contributed by atoms with Crippen molar-refractivity contribution >= 4 is 5.97 Å². The summed E-state index contributed by atoms with van der Waals surface area (Å²) >= 11 is 0. The smallest absolute Gasteiger partial charge is 0.303 e. The minimum atomic E-state index is -0.805. The average molecular weight is 470 g/mol. The summed E-state index contributed by atoms with van der Waals surface area (Å²) in [6, 6.07) is 11.8. The molecule has 0 aliphatic heterocycles. The van der Waals surface area contributed by atoms with E-state index >= 15 is 0 Å². The average Bonchev–Trinajstić information content (AvgIpc) is 3.60. The SMILES string of the molecule is CCCOc1c(COc2cccc([C@@H](CC(=O)O)C3CC3)c2)noc1-c1cc(OC)ccc1F. The molecule has 1 aliphatic rings. The third kappa shape index (κ3) is 5.50. The molecule has 8 heteroatoms. The van der Waals surface area contributed by atoms with Gasteiger partial charge in [-0.05, 0) is 67.0 Å². The van der Waals surface area contributed by atoms with Crippen molar-refractivity contribution in [1.82, 2.24) is 5.16 Å². The number of carboxylic acids is 1. The third-order valence-corrected chi connectivity index (χ3v) is 5.83. The van der Waals surface area contributed by atoms with Gasteiger partial charge in [0.15, 0.2) is 11.4 Å². The molecule has 0 radical (unpaired) electrons. The molecule has 4 rings (SSSR count). The van der Waals surface area contributed by atoms with Crippen molar-refractivity contribution in [3.8, 4) is 28.6 Å². The van der Waals surface area contributed by atoms with Crippen molar-refractivity contribution in [3.63, 3.8) is 0 Å². The molecule has 2 aromatic carbocycles. The van der Waals surface area contributed by atoms with Gasteiger partial charge in [-0.1, -0.05) is 24.2 Å². The molecule has 0 unspecified atom stereocenters. The Labute approximate surface area is 197 Å². The van der Waals surface area contributed by atoms with E-state index < -0.39 is 11.8 Å². The van der Waals surface area contributed by atoms with Crippen LogP contribution in [0.15, 0.2) is 47.0 Å². The molecule has 7 nitrogen and oxygen atoms in total. The summed E-state index contributed by atoms with van der Waals surface area (Å²) in [6.07, 6.45) is 2.94. The van der Waals surface area contributed by atoms with Crippen molar-refractivity contribution < 1.29 is 33.0 Å². The fourth-order valence-corrected chi connectivity index (χ4v) is 3.97. The summed E-state index contributed by atoms with van der Waals surface area (Å²) in [5.41, 5.74) is 1.54. The second-order valence-corrected chi connectivity index (χ2v) is 8.38. The van der Waals surface area contributed by atoms with Gasteiger partial charge >= 0.3 is 5.97 Å². The number of halogens is 1. The van der Waals surface area contributed by atoms with Gasteiger partial charge in [0.2, 0.25) is 5.76 Å². The number of methoxy groups -OCH3 is 1. The Balaban J connectivity index is 1.56. The van der Waals surface area contributed by atoms with Crippen LogP contribution in [-0.2, 0) is 11.4 Å². The number of aromatic nitrogens is 1. The standard InChI is InChI=1S/C26H28FNO6/c1-3-11-32-26-23(28-34-25(26)21-13-18(31-2)9-10-22(21)27)15-33-19-6-4-5-17(12-19)20(14-24(29)30)16-7-8-16/h4-6,9-10,12-13,16,20H,3,7-8,11,14-15H2,1-2H3,(H,29,30)/t20-/m0/s1. The molecular weight excluding hydrogens is 441 g/mol. The lowest BCUT2D eigenvalue weighted by atomic mass is 9.91. The molecule has 3 aromatic rings. The van der Waals surface area contributed by atoms with Crippen LogP contribution in [0.5, 0.6) is 17.2 Å². The van der Waals surface area contributed by atoms with Crippen molar-refractivity contribution in [2.45, 2.75) is 45.1 Å². The van der Waals surface area contributed by atoms with Gasteiger partial charge in [-0.25, -0.2) is 4.39 Å². The number of nitrogens with zero attached hydrogens (tertiary/aromatic N) is 1. The summed E-state index contributed by atoms with van der Waals surface area (Å²) in [6.45, 7) is 2.42. The number of carbonyl (C=O) groups is 1. The first-order valence-electron chi connectivity index (χ1n) is 11.4. The first-order chi connectivity index (χ1) is 16.5. The molecule has 180 valence electrons. The highest BCUT2D eigenvalue weighted by molar-refractivity contribution is 5.68. The van der Waals surface area contributed by atoms with E-state index in [1.807, 2.05) is 31.2 Å². The van der Waals surface area contributed by atoms with Gasteiger partial charge < -0.3 is 23.8 Å². The van der Waals surface area contributed by atoms with Crippen LogP contribution < -0.4 is 14.2 Å². The lowest BCUT2D eigenvalue weighted by Crippen LogP contribution is -2.08. The number of ether oxygens (including phenoxy) is 3. The van der Waals surface area contributed by atoms with Crippen molar-refractivity contribution in [2.75, 3.05) is 13.7 Å². The molecule has 0 saturated heterocycles. The number of rotatable bonds is 12. The number of hydrogen-bond acceptors (Lipinski definition) is 6. The maximum atomic E-state index is 14.6. The summed E-state index contributed by atoms with van der Waals surface area (Å²) in [7, 11) is 1.50. The van der Waals surface area contributed by atoms with E-state index in [2.05, 4.69) is 5.16 Å². The Morgan fingerprint density at radius 3 is 2.74 bits per heavy atom. The minimum absolute atomic E-state index is 0.0285. The summed E-state index contributed by atoms with van der Waals surface area (Å²) in [4.78, 5) is 11.3. The highest BCUT2D eigenvalue weighted by Crippen LogP contribution is 2.45. The van der Waals surface area contributed by atoms with E-state index in [9.17, 15) is 14.3 Å². The zero-order valence-corrected chi connectivity index (χ0v) is 19.3. The Bertz CT molecular complexity index is 1140. The van der Waals surface area contributed by atoms with Crippen LogP contribution in [0.1, 0.15) is 49.8 Å². The fraction of sp³-hybridized carbons (Fsp3) is 0.385. The van der Waals surface area contributed by atoms with E-state index in [0.717, 1.165) is 24.8 Å². The lowest BCUT2D eigenvalue weighted by Gasteiger charge is -2.16. The van der Waals surface area contributed by atoms with E-state index in [0.29, 0.717) is 35.5 Å². The number of hydrogen-bond donors (Lipinski definition) is 1. The monoisotopic (exact) mass is 469 g/mol. The normalized spacial score (nSPS) is 14.0. The third-order valence-electron chi connectivity index (χ3n) is 5.83. The zero-order valence-electron chi connectivity index (χ0n) is 19.3. The predicted octanol–water partition coefficient (Wildman–Crippen LogP) is 5.83. The molecule has 1 heterocycles. The number of carboxylic acid groups (broad SMARTS) is 1. The molecule has 1 saturated carbocycles. The predicted molar refractivity (Wildman–Crippen MR) is 123 cm³/mol. The fourth-order valence-electron chi connectivity index (χ4n) is 3.97. The van der Waals surface area contributed by atoms with Gasteiger partial charge in [-0.15, -0.1) is 0 Å². The van der Waals surface area contributed by atoms with Crippen LogP contribution in [0.2, 0.25) is 0 Å². The van der Waals surface area contributed by atoms with Gasteiger partial charge in [0.25, 0.3) is 0 Å². The van der Waals surface area contributed by atoms with Crippen LogP contribution in [0.25, 0.3) is 11.3 Å². The van der Waals surface area contributed by atoms with Gasteiger partial charge in [0.05, 0.1) is 25.7 Å². The van der Waals surface area contributed by atoms with Gasteiger partial charge in [0, 0.05) is 0 Å². The van der Waals surface area contributed by atoms with E-state index in [1.54, 1.807) is 0 Å². The van der Waals surface area contributed by atoms with E-state index in [-0.39, 0.29) is 30.3 Å². The largest absolute Gasteiger partial charge is 0.497 e. The van der Waals surface area contributed by atoms with Crippen LogP contribution >= 0.6 is 0 Å². The molecule has 1 fully saturated rings. The van der Waals surface area contributed by atoms with Crippen LogP contribution in [0, 0.1) is 11.7 Å². The molecule has 34 heavy (non-hydrogen) atoms. The maximum Gasteiger partial charge on any atom is 0.303 e. The molecule has 1 aromatic heterocycles. The van der Waals surface area contributed by atoms with E-state index in [1.165, 1.54) is 25.3 Å². The Morgan fingerprint density at radius 1 is 1.21 bits per heavy atom. The molecular formula is C26H28FNO6. The van der Waals surface area contributed by atoms with Crippen LogP contribution in [0.4, 0.5) is 4.39 Å². The number of aliphatic carboxylic acids is 1. The molecule has 1 N–H and O–H groups in total. The number of benzene rings is 2. The topological polar surface area (TPSA) is 91.0 Å². The first kappa shape index (κ1) is 23.6. The molecule has 0 bridgehead atoms. The highest BCUT2D eigenvalue weighted by Gasteiger charge is 2.34. The minimum Gasteiger partial charge on any atom is -0.497 e. The Hall–Kier alpha value is -3.55. The van der Waals surface area contributed by atoms with Gasteiger partial charge in [0.1, 0.15) is 23.9 Å². The lowest BCUT2D eigenvalue weighted by molar-refractivity contribution is -0.137. The summed E-state index contributed by atoms with van der Waals surface area (Å²) < 4.78 is 37.1. The van der Waals surface area contributed by atoms with E-state index in [4.69, 9.17) is 18.7 Å². The highest BCUT2D eigenvalue weighted by atomic mass is 19.1. The maximum absolute atomic E-state index is 14.6. The quantitative estimate of drug-likeness (QED) is 0.357. The van der Waals surface area contributed by atoms with Crippen molar-refractivity contribution in [2.24, 2.45) is 5.92 Å². The first-order valence-corrected chi connectivity index (χ1v) is 11.4. The zero-order chi connectivity index (χ0) is 24.1. The molecule has 1 atom stereocenters. The summed E-state index contributed by atoms with van der Waals surface area (Å²) in [5.74, 6) is 0.654. The van der Waals surface area contributed by atoms with Gasteiger partial charge in [-0.2, -0.15) is 0 Å². The van der Waals surface area contributed by atoms with Crippen LogP contribution in [-0.4, -0.2) is 29.9 Å². The van der Waals surface area contributed by atoms with Crippen molar-refractivity contribution in [1.29, 1.82) is 0 Å². The molecule has 1 aliphatic carbocycles. The van der Waals surface area contributed by atoms with Crippen molar-refractivity contribution in [3.05, 3.63) is 59.5 Å². The Morgan fingerprint density at radius 2 is 2.03 bits per heavy atom.